The van der Waals surface area contributed by atoms with Gasteiger partial charge in [-0.25, -0.2) is 0 Å². The summed E-state index contributed by atoms with van der Waals surface area (Å²) in [5, 5.41) is 2.93. The molecular weight excluding hydrogens is 138 g/mol. The number of hydrogen-bond acceptors (Lipinski definition) is 1. The van der Waals surface area contributed by atoms with Crippen molar-refractivity contribution in [1.82, 2.24) is 5.32 Å². The van der Waals surface area contributed by atoms with E-state index in [4.69, 9.17) is 0 Å². The number of hydrogen-bond donors (Lipinski definition) is 1. The molecule has 0 aromatic rings. The number of nitrogens with one attached hydrogen (secondary N) is 1. The number of amides is 1. The van der Waals surface area contributed by atoms with Crippen molar-refractivity contribution >= 4 is 5.91 Å². The van der Waals surface area contributed by atoms with E-state index >= 15 is 0 Å². The van der Waals surface area contributed by atoms with Crippen molar-refractivity contribution in [2.75, 3.05) is 0 Å². The smallest absolute Gasteiger partial charge is 0.222 e. The standard InChI is InChI=1S/C9H15NO/c11-9-6-8(10-9)5-7-3-1-2-4-7/h7-8H,1-6H2,(H,10,11). The normalized spacial score (nSPS) is 31.6. The Morgan fingerprint density at radius 3 is 2.55 bits per heavy atom. The third-order valence-electron chi connectivity index (χ3n) is 2.89. The number of β-lactam (4-membered cyclic amide) rings is 1. The third-order valence-corrected chi connectivity index (χ3v) is 2.89. The molecule has 1 atom stereocenters. The first kappa shape index (κ1) is 7.14. The van der Waals surface area contributed by atoms with Crippen molar-refractivity contribution in [1.29, 1.82) is 0 Å². The van der Waals surface area contributed by atoms with Crippen LogP contribution in [-0.4, -0.2) is 11.9 Å². The second-order valence-electron chi connectivity index (χ2n) is 3.85. The van der Waals surface area contributed by atoms with E-state index in [-0.39, 0.29) is 5.91 Å². The maximum Gasteiger partial charge on any atom is 0.222 e. The van der Waals surface area contributed by atoms with Crippen molar-refractivity contribution in [2.24, 2.45) is 5.92 Å². The Kier molecular flexibility index (Phi) is 1.84. The molecule has 2 heteroatoms. The zero-order chi connectivity index (χ0) is 7.68. The Balaban J connectivity index is 1.69. The summed E-state index contributed by atoms with van der Waals surface area (Å²) in [7, 11) is 0. The summed E-state index contributed by atoms with van der Waals surface area (Å²) in [5.74, 6) is 1.16. The van der Waals surface area contributed by atoms with Gasteiger partial charge in [-0.15, -0.1) is 0 Å². The van der Waals surface area contributed by atoms with Gasteiger partial charge in [0.15, 0.2) is 0 Å². The molecule has 1 heterocycles. The Labute approximate surface area is 67.4 Å². The lowest BCUT2D eigenvalue weighted by Gasteiger charge is -2.29. The van der Waals surface area contributed by atoms with Crippen LogP contribution in [0.15, 0.2) is 0 Å². The molecule has 2 rings (SSSR count). The molecule has 2 nitrogen and oxygen atoms in total. The molecule has 1 unspecified atom stereocenters. The van der Waals surface area contributed by atoms with Crippen LogP contribution in [0.5, 0.6) is 0 Å². The number of carbonyl (C=O) groups excluding carboxylic acids is 1. The van der Waals surface area contributed by atoms with Gasteiger partial charge in [-0.1, -0.05) is 25.7 Å². The Morgan fingerprint density at radius 2 is 2.00 bits per heavy atom. The molecule has 1 N–H and O–H groups in total. The van der Waals surface area contributed by atoms with Crippen LogP contribution in [0.3, 0.4) is 0 Å². The minimum atomic E-state index is 0.244. The minimum Gasteiger partial charge on any atom is -0.353 e. The first-order chi connectivity index (χ1) is 5.34. The maximum absolute atomic E-state index is 10.6. The zero-order valence-corrected chi connectivity index (χ0v) is 6.81. The first-order valence-corrected chi connectivity index (χ1v) is 4.64. The van der Waals surface area contributed by atoms with Gasteiger partial charge in [-0.05, 0) is 12.3 Å². The molecule has 2 aliphatic rings. The van der Waals surface area contributed by atoms with Crippen LogP contribution in [0.1, 0.15) is 38.5 Å². The molecule has 0 bridgehead atoms. The Morgan fingerprint density at radius 1 is 1.36 bits per heavy atom. The lowest BCUT2D eigenvalue weighted by atomic mass is 9.92. The summed E-state index contributed by atoms with van der Waals surface area (Å²) < 4.78 is 0. The molecule has 0 aromatic heterocycles. The molecule has 1 aliphatic carbocycles. The van der Waals surface area contributed by atoms with E-state index in [9.17, 15) is 4.79 Å². The average molecular weight is 153 g/mol. The molecule has 0 spiro atoms. The molecule has 11 heavy (non-hydrogen) atoms. The summed E-state index contributed by atoms with van der Waals surface area (Å²) in [6, 6.07) is 0.533. The van der Waals surface area contributed by atoms with Gasteiger partial charge in [0, 0.05) is 12.5 Å². The summed E-state index contributed by atoms with van der Waals surface area (Å²) in [4.78, 5) is 10.6. The van der Waals surface area contributed by atoms with E-state index in [1.807, 2.05) is 0 Å². The van der Waals surface area contributed by atoms with E-state index in [1.54, 1.807) is 0 Å². The van der Waals surface area contributed by atoms with Gasteiger partial charge >= 0.3 is 0 Å². The van der Waals surface area contributed by atoms with E-state index in [0.717, 1.165) is 12.3 Å². The van der Waals surface area contributed by atoms with Gasteiger partial charge in [0.2, 0.25) is 5.91 Å². The summed E-state index contributed by atoms with van der Waals surface area (Å²) in [6.07, 6.45) is 7.64. The minimum absolute atomic E-state index is 0.244. The molecular formula is C9H15NO. The monoisotopic (exact) mass is 153 g/mol. The summed E-state index contributed by atoms with van der Waals surface area (Å²) in [5.41, 5.74) is 0. The maximum atomic E-state index is 10.6. The molecule has 1 saturated heterocycles. The highest BCUT2D eigenvalue weighted by atomic mass is 16.2. The van der Waals surface area contributed by atoms with Gasteiger partial charge in [-0.3, -0.25) is 4.79 Å². The van der Waals surface area contributed by atoms with Crippen molar-refractivity contribution in [3.05, 3.63) is 0 Å². The van der Waals surface area contributed by atoms with Crippen LogP contribution in [0, 0.1) is 5.92 Å². The van der Waals surface area contributed by atoms with Crippen LogP contribution < -0.4 is 5.32 Å². The van der Waals surface area contributed by atoms with Crippen LogP contribution >= 0.6 is 0 Å². The van der Waals surface area contributed by atoms with Crippen LogP contribution in [0.25, 0.3) is 0 Å². The predicted octanol–water partition coefficient (Wildman–Crippen LogP) is 1.46. The predicted molar refractivity (Wildman–Crippen MR) is 43.1 cm³/mol. The highest BCUT2D eigenvalue weighted by Crippen LogP contribution is 2.30. The molecule has 1 saturated carbocycles. The number of rotatable bonds is 2. The fraction of sp³-hybridized carbons (Fsp3) is 0.889. The van der Waals surface area contributed by atoms with E-state index in [2.05, 4.69) is 5.32 Å². The van der Waals surface area contributed by atoms with Crippen LogP contribution in [-0.2, 0) is 4.79 Å². The van der Waals surface area contributed by atoms with Crippen LogP contribution in [0.4, 0.5) is 0 Å². The molecule has 2 fully saturated rings. The van der Waals surface area contributed by atoms with Crippen molar-refractivity contribution in [3.8, 4) is 0 Å². The third kappa shape index (κ3) is 1.55. The lowest BCUT2D eigenvalue weighted by molar-refractivity contribution is -0.128. The largest absolute Gasteiger partial charge is 0.353 e. The number of carbonyl (C=O) groups is 1. The SMILES string of the molecule is O=C1CC(CC2CCCC2)N1. The van der Waals surface area contributed by atoms with Gasteiger partial charge in [0.1, 0.15) is 0 Å². The van der Waals surface area contributed by atoms with Gasteiger partial charge in [0.25, 0.3) is 0 Å². The second kappa shape index (κ2) is 2.84. The second-order valence-corrected chi connectivity index (χ2v) is 3.85. The van der Waals surface area contributed by atoms with E-state index in [0.29, 0.717) is 6.04 Å². The quantitative estimate of drug-likeness (QED) is 0.598. The fourth-order valence-electron chi connectivity index (χ4n) is 2.22. The Hall–Kier alpha value is -0.530. The summed E-state index contributed by atoms with van der Waals surface area (Å²) >= 11 is 0. The molecule has 62 valence electrons. The van der Waals surface area contributed by atoms with Gasteiger partial charge in [-0.2, -0.15) is 0 Å². The van der Waals surface area contributed by atoms with Gasteiger partial charge in [0.05, 0.1) is 0 Å². The summed E-state index contributed by atoms with van der Waals surface area (Å²) in [6.45, 7) is 0. The topological polar surface area (TPSA) is 29.1 Å². The fourth-order valence-corrected chi connectivity index (χ4v) is 2.22. The highest BCUT2D eigenvalue weighted by Gasteiger charge is 2.28. The Bertz CT molecular complexity index is 153. The zero-order valence-electron chi connectivity index (χ0n) is 6.81. The first-order valence-electron chi connectivity index (χ1n) is 4.64. The van der Waals surface area contributed by atoms with E-state index in [1.165, 1.54) is 32.1 Å². The highest BCUT2D eigenvalue weighted by molar-refractivity contribution is 5.82. The van der Waals surface area contributed by atoms with Crippen molar-refractivity contribution in [2.45, 2.75) is 44.6 Å². The van der Waals surface area contributed by atoms with Crippen molar-refractivity contribution < 1.29 is 4.79 Å². The van der Waals surface area contributed by atoms with Crippen molar-refractivity contribution in [3.63, 3.8) is 0 Å². The lowest BCUT2D eigenvalue weighted by Crippen LogP contribution is -2.49. The molecule has 1 amide bonds. The molecule has 0 radical (unpaired) electrons. The van der Waals surface area contributed by atoms with E-state index < -0.39 is 0 Å². The van der Waals surface area contributed by atoms with Gasteiger partial charge < -0.3 is 5.32 Å². The van der Waals surface area contributed by atoms with Crippen LogP contribution in [0.2, 0.25) is 0 Å². The molecule has 0 aromatic carbocycles. The average Bonchev–Trinajstić information content (AvgIpc) is 2.36. The molecule has 1 aliphatic heterocycles.